The SMILES string of the molecule is OB(O)c1ccc(-c2cccc3occc23)cc1. The number of furan rings is 1. The highest BCUT2D eigenvalue weighted by atomic mass is 16.4. The second-order valence-corrected chi connectivity index (χ2v) is 4.13. The molecule has 3 rings (SSSR count). The van der Waals surface area contributed by atoms with Crippen LogP contribution in [-0.2, 0) is 0 Å². The van der Waals surface area contributed by atoms with Crippen LogP contribution in [0, 0.1) is 0 Å². The Morgan fingerprint density at radius 3 is 2.39 bits per heavy atom. The Kier molecular flexibility index (Phi) is 2.66. The molecule has 1 heterocycles. The first-order valence-corrected chi connectivity index (χ1v) is 5.68. The van der Waals surface area contributed by atoms with Crippen molar-refractivity contribution in [2.45, 2.75) is 0 Å². The maximum Gasteiger partial charge on any atom is 0.488 e. The highest BCUT2D eigenvalue weighted by Gasteiger charge is 2.11. The first-order valence-electron chi connectivity index (χ1n) is 5.68. The van der Waals surface area contributed by atoms with E-state index in [9.17, 15) is 0 Å². The molecule has 3 aromatic rings. The summed E-state index contributed by atoms with van der Waals surface area (Å²) in [6.07, 6.45) is 1.67. The quantitative estimate of drug-likeness (QED) is 0.669. The van der Waals surface area contributed by atoms with E-state index >= 15 is 0 Å². The second-order valence-electron chi connectivity index (χ2n) is 4.13. The molecule has 0 atom stereocenters. The maximum absolute atomic E-state index is 9.06. The van der Waals surface area contributed by atoms with Crippen molar-refractivity contribution in [2.24, 2.45) is 0 Å². The Morgan fingerprint density at radius 1 is 0.889 bits per heavy atom. The monoisotopic (exact) mass is 238 g/mol. The smallest absolute Gasteiger partial charge is 0.464 e. The molecule has 0 aliphatic rings. The van der Waals surface area contributed by atoms with E-state index in [1.54, 1.807) is 18.4 Å². The highest BCUT2D eigenvalue weighted by Crippen LogP contribution is 2.28. The summed E-state index contributed by atoms with van der Waals surface area (Å²) in [5, 5.41) is 19.2. The largest absolute Gasteiger partial charge is 0.488 e. The molecular formula is C14H11BO3. The summed E-state index contributed by atoms with van der Waals surface area (Å²) >= 11 is 0. The minimum Gasteiger partial charge on any atom is -0.464 e. The zero-order valence-corrected chi connectivity index (χ0v) is 9.58. The predicted molar refractivity (Wildman–Crippen MR) is 71.5 cm³/mol. The van der Waals surface area contributed by atoms with Crippen LogP contribution in [0.2, 0.25) is 0 Å². The van der Waals surface area contributed by atoms with Gasteiger partial charge in [-0.2, -0.15) is 0 Å². The van der Waals surface area contributed by atoms with Gasteiger partial charge in [-0.15, -0.1) is 0 Å². The Balaban J connectivity index is 2.11. The molecule has 3 nitrogen and oxygen atoms in total. The van der Waals surface area contributed by atoms with E-state index in [4.69, 9.17) is 14.5 Å². The molecule has 4 heteroatoms. The van der Waals surface area contributed by atoms with Crippen molar-refractivity contribution in [3.63, 3.8) is 0 Å². The number of rotatable bonds is 2. The van der Waals surface area contributed by atoms with Crippen LogP contribution in [0.15, 0.2) is 59.2 Å². The summed E-state index contributed by atoms with van der Waals surface area (Å²) in [4.78, 5) is 0. The third kappa shape index (κ3) is 1.81. The molecule has 18 heavy (non-hydrogen) atoms. The highest BCUT2D eigenvalue weighted by molar-refractivity contribution is 6.58. The molecule has 0 amide bonds. The van der Waals surface area contributed by atoms with Gasteiger partial charge in [-0.3, -0.25) is 0 Å². The van der Waals surface area contributed by atoms with Gasteiger partial charge in [0.2, 0.25) is 0 Å². The fourth-order valence-electron chi connectivity index (χ4n) is 2.08. The fraction of sp³-hybridized carbons (Fsp3) is 0. The van der Waals surface area contributed by atoms with Crippen LogP contribution in [-0.4, -0.2) is 17.2 Å². The van der Waals surface area contributed by atoms with E-state index in [2.05, 4.69) is 0 Å². The van der Waals surface area contributed by atoms with Gasteiger partial charge in [-0.25, -0.2) is 0 Å². The Hall–Kier alpha value is -2.04. The zero-order valence-electron chi connectivity index (χ0n) is 9.58. The van der Waals surface area contributed by atoms with Crippen molar-refractivity contribution in [1.29, 1.82) is 0 Å². The van der Waals surface area contributed by atoms with E-state index in [-0.39, 0.29) is 0 Å². The predicted octanol–water partition coefficient (Wildman–Crippen LogP) is 1.78. The van der Waals surface area contributed by atoms with Crippen LogP contribution in [0.5, 0.6) is 0 Å². The summed E-state index contributed by atoms with van der Waals surface area (Å²) in [5.41, 5.74) is 3.42. The molecule has 0 saturated heterocycles. The van der Waals surface area contributed by atoms with Crippen LogP contribution in [0.1, 0.15) is 0 Å². The van der Waals surface area contributed by atoms with Gasteiger partial charge in [0, 0.05) is 5.39 Å². The Labute approximate surface area is 104 Å². The van der Waals surface area contributed by atoms with E-state index in [1.165, 1.54) is 0 Å². The minimum atomic E-state index is -1.43. The minimum absolute atomic E-state index is 0.484. The first-order chi connectivity index (χ1) is 8.75. The average Bonchev–Trinajstić information content (AvgIpc) is 2.87. The third-order valence-corrected chi connectivity index (χ3v) is 3.02. The fourth-order valence-corrected chi connectivity index (χ4v) is 2.08. The Bertz CT molecular complexity index is 671. The van der Waals surface area contributed by atoms with Crippen LogP contribution in [0.3, 0.4) is 0 Å². The summed E-state index contributed by atoms with van der Waals surface area (Å²) in [5.74, 6) is 0. The van der Waals surface area contributed by atoms with E-state index in [0.717, 1.165) is 22.1 Å². The Morgan fingerprint density at radius 2 is 1.67 bits per heavy atom. The molecule has 0 spiro atoms. The van der Waals surface area contributed by atoms with Gasteiger partial charge < -0.3 is 14.5 Å². The van der Waals surface area contributed by atoms with Crippen molar-refractivity contribution >= 4 is 23.6 Å². The average molecular weight is 238 g/mol. The molecule has 88 valence electrons. The van der Waals surface area contributed by atoms with Gasteiger partial charge in [0.25, 0.3) is 0 Å². The van der Waals surface area contributed by atoms with Crippen LogP contribution >= 0.6 is 0 Å². The maximum atomic E-state index is 9.06. The van der Waals surface area contributed by atoms with Crippen LogP contribution in [0.4, 0.5) is 0 Å². The van der Waals surface area contributed by atoms with Crippen LogP contribution < -0.4 is 5.46 Å². The van der Waals surface area contributed by atoms with Crippen molar-refractivity contribution in [2.75, 3.05) is 0 Å². The van der Waals surface area contributed by atoms with E-state index in [0.29, 0.717) is 5.46 Å². The molecule has 0 aliphatic carbocycles. The first kappa shape index (κ1) is 11.1. The molecule has 2 N–H and O–H groups in total. The summed E-state index contributed by atoms with van der Waals surface area (Å²) in [6, 6.07) is 15.0. The molecule has 0 aliphatic heterocycles. The molecule has 0 bridgehead atoms. The molecule has 2 aromatic carbocycles. The summed E-state index contributed by atoms with van der Waals surface area (Å²) in [6.45, 7) is 0. The van der Waals surface area contributed by atoms with Gasteiger partial charge in [0.15, 0.2) is 0 Å². The summed E-state index contributed by atoms with van der Waals surface area (Å²) < 4.78 is 5.36. The number of hydrogen-bond acceptors (Lipinski definition) is 3. The molecule has 0 unspecified atom stereocenters. The topological polar surface area (TPSA) is 53.6 Å². The van der Waals surface area contributed by atoms with Gasteiger partial charge in [-0.1, -0.05) is 36.4 Å². The number of hydrogen-bond donors (Lipinski definition) is 2. The van der Waals surface area contributed by atoms with E-state index in [1.807, 2.05) is 36.4 Å². The van der Waals surface area contributed by atoms with Gasteiger partial charge in [0.1, 0.15) is 5.58 Å². The molecule has 1 aromatic heterocycles. The van der Waals surface area contributed by atoms with Crippen LogP contribution in [0.25, 0.3) is 22.1 Å². The van der Waals surface area contributed by atoms with Gasteiger partial charge >= 0.3 is 7.12 Å². The molecule has 0 fully saturated rings. The summed E-state index contributed by atoms with van der Waals surface area (Å²) in [7, 11) is -1.43. The van der Waals surface area contributed by atoms with Crippen molar-refractivity contribution in [3.05, 3.63) is 54.8 Å². The van der Waals surface area contributed by atoms with Crippen molar-refractivity contribution < 1.29 is 14.5 Å². The molecule has 0 radical (unpaired) electrons. The lowest BCUT2D eigenvalue weighted by Gasteiger charge is -2.05. The van der Waals surface area contributed by atoms with Gasteiger partial charge in [-0.05, 0) is 28.7 Å². The standard InChI is InChI=1S/C14H11BO3/c16-15(17)11-6-4-10(5-7-11)12-2-1-3-14-13(12)8-9-18-14/h1-9,16-17H. The zero-order chi connectivity index (χ0) is 12.5. The number of benzene rings is 2. The second kappa shape index (κ2) is 4.33. The van der Waals surface area contributed by atoms with Crippen molar-refractivity contribution in [3.8, 4) is 11.1 Å². The lowest BCUT2D eigenvalue weighted by atomic mass is 9.80. The normalized spacial score (nSPS) is 10.8. The third-order valence-electron chi connectivity index (χ3n) is 3.02. The van der Waals surface area contributed by atoms with Gasteiger partial charge in [0.05, 0.1) is 6.26 Å². The molecular weight excluding hydrogens is 227 g/mol. The van der Waals surface area contributed by atoms with E-state index < -0.39 is 7.12 Å². The van der Waals surface area contributed by atoms with Crippen molar-refractivity contribution in [1.82, 2.24) is 0 Å². The lowest BCUT2D eigenvalue weighted by molar-refractivity contribution is 0.426. The lowest BCUT2D eigenvalue weighted by Crippen LogP contribution is -2.29. The molecule has 0 saturated carbocycles. The number of fused-ring (bicyclic) bond motifs is 1.